The molecule has 21 heavy (non-hydrogen) atoms. The van der Waals surface area contributed by atoms with Crippen LogP contribution in [0.5, 0.6) is 0 Å². The highest BCUT2D eigenvalue weighted by Crippen LogP contribution is 2.19. The van der Waals surface area contributed by atoms with E-state index in [1.54, 1.807) is 0 Å². The van der Waals surface area contributed by atoms with E-state index in [1.165, 1.54) is 119 Å². The SMILES string of the molecule is C[N+]1(CCCCC[N+]2(C)CCCCCC2)CCCCCC1. The van der Waals surface area contributed by atoms with E-state index in [-0.39, 0.29) is 0 Å². The van der Waals surface area contributed by atoms with E-state index in [2.05, 4.69) is 14.1 Å². The van der Waals surface area contributed by atoms with E-state index in [0.29, 0.717) is 0 Å². The summed E-state index contributed by atoms with van der Waals surface area (Å²) < 4.78 is 2.73. The van der Waals surface area contributed by atoms with Gasteiger partial charge in [-0.2, -0.15) is 0 Å². The van der Waals surface area contributed by atoms with Crippen LogP contribution >= 0.6 is 0 Å². The minimum atomic E-state index is 1.37. The molecule has 0 N–H and O–H groups in total. The molecule has 0 unspecified atom stereocenters. The number of nitrogens with zero attached hydrogens (tertiary/aromatic N) is 2. The molecule has 0 aromatic carbocycles. The van der Waals surface area contributed by atoms with Crippen molar-refractivity contribution in [3.8, 4) is 0 Å². The number of hydrogen-bond donors (Lipinski definition) is 0. The largest absolute Gasteiger partial charge is 0.326 e. The number of likely N-dealkylation sites (tertiary alicyclic amines) is 2. The average molecular weight is 297 g/mol. The first-order chi connectivity index (χ1) is 10.1. The van der Waals surface area contributed by atoms with Crippen molar-refractivity contribution in [3.05, 3.63) is 0 Å². The van der Waals surface area contributed by atoms with Gasteiger partial charge in [0.15, 0.2) is 0 Å². The lowest BCUT2D eigenvalue weighted by Crippen LogP contribution is -2.46. The molecule has 0 amide bonds. The van der Waals surface area contributed by atoms with Crippen molar-refractivity contribution in [3.63, 3.8) is 0 Å². The van der Waals surface area contributed by atoms with E-state index < -0.39 is 0 Å². The van der Waals surface area contributed by atoms with E-state index in [4.69, 9.17) is 0 Å². The summed E-state index contributed by atoms with van der Waals surface area (Å²) >= 11 is 0. The molecule has 0 aromatic heterocycles. The maximum absolute atomic E-state index is 2.51. The molecule has 0 bridgehead atoms. The molecule has 2 heterocycles. The van der Waals surface area contributed by atoms with E-state index in [1.807, 2.05) is 0 Å². The molecule has 2 fully saturated rings. The Kier molecular flexibility index (Phi) is 7.01. The number of rotatable bonds is 6. The number of hydrogen-bond acceptors (Lipinski definition) is 0. The third-order valence-electron chi connectivity index (χ3n) is 6.19. The monoisotopic (exact) mass is 296 g/mol. The molecular formula is C19H40N2+2. The Hall–Kier alpha value is -0.0800. The molecule has 0 aromatic rings. The summed E-state index contributed by atoms with van der Waals surface area (Å²) in [6.45, 7) is 8.62. The molecule has 2 rings (SSSR count). The van der Waals surface area contributed by atoms with Gasteiger partial charge in [0, 0.05) is 0 Å². The van der Waals surface area contributed by atoms with Gasteiger partial charge in [-0.25, -0.2) is 0 Å². The fourth-order valence-corrected chi connectivity index (χ4v) is 4.52. The average Bonchev–Trinajstić information content (AvgIpc) is 2.80. The lowest BCUT2D eigenvalue weighted by molar-refractivity contribution is -0.911. The van der Waals surface area contributed by atoms with Gasteiger partial charge in [-0.05, 0) is 70.6 Å². The van der Waals surface area contributed by atoms with Gasteiger partial charge in [0.2, 0.25) is 0 Å². The van der Waals surface area contributed by atoms with Gasteiger partial charge >= 0.3 is 0 Å². The summed E-state index contributed by atoms with van der Waals surface area (Å²) in [5, 5.41) is 0. The standard InChI is InChI=1S/C19H40N2/c1-20(14-8-3-4-9-15-20)18-12-7-13-19-21(2)16-10-5-6-11-17-21/h3-19H2,1-2H3/q+2. The lowest BCUT2D eigenvalue weighted by Gasteiger charge is -2.35. The van der Waals surface area contributed by atoms with Crippen molar-refractivity contribution in [1.29, 1.82) is 0 Å². The molecule has 2 saturated heterocycles. The van der Waals surface area contributed by atoms with E-state index in [0.717, 1.165) is 0 Å². The van der Waals surface area contributed by atoms with Gasteiger partial charge in [0.25, 0.3) is 0 Å². The van der Waals surface area contributed by atoms with Crippen molar-refractivity contribution in [2.45, 2.75) is 70.6 Å². The first-order valence-electron chi connectivity index (χ1n) is 9.79. The maximum atomic E-state index is 2.51. The van der Waals surface area contributed by atoms with Gasteiger partial charge in [-0.1, -0.05) is 0 Å². The quantitative estimate of drug-likeness (QED) is 0.509. The molecule has 2 aliphatic rings. The minimum Gasteiger partial charge on any atom is -0.326 e. The van der Waals surface area contributed by atoms with Gasteiger partial charge in [-0.15, -0.1) is 0 Å². The Morgan fingerprint density at radius 3 is 1.14 bits per heavy atom. The van der Waals surface area contributed by atoms with Crippen LogP contribution in [0.2, 0.25) is 0 Å². The number of quaternary nitrogens is 2. The van der Waals surface area contributed by atoms with Gasteiger partial charge in [-0.3, -0.25) is 0 Å². The van der Waals surface area contributed by atoms with Crippen LogP contribution in [0.1, 0.15) is 70.6 Å². The zero-order chi connectivity index (χ0) is 15.0. The summed E-state index contributed by atoms with van der Waals surface area (Å²) in [6.07, 6.45) is 16.1. The smallest absolute Gasteiger partial charge is 0.0784 e. The summed E-state index contributed by atoms with van der Waals surface area (Å²) in [7, 11) is 5.02. The van der Waals surface area contributed by atoms with Crippen molar-refractivity contribution < 1.29 is 8.97 Å². The predicted octanol–water partition coefficient (Wildman–Crippen LogP) is 4.20. The van der Waals surface area contributed by atoms with Crippen LogP contribution in [-0.2, 0) is 0 Å². The Morgan fingerprint density at radius 1 is 0.476 bits per heavy atom. The molecule has 0 aliphatic carbocycles. The maximum Gasteiger partial charge on any atom is 0.0784 e. The molecule has 0 radical (unpaired) electrons. The minimum absolute atomic E-state index is 1.37. The highest BCUT2D eigenvalue weighted by atomic mass is 15.3. The highest BCUT2D eigenvalue weighted by molar-refractivity contribution is 4.54. The van der Waals surface area contributed by atoms with Crippen LogP contribution in [-0.4, -0.2) is 62.3 Å². The molecule has 0 saturated carbocycles. The summed E-state index contributed by atoms with van der Waals surface area (Å²) in [5.41, 5.74) is 0. The second-order valence-corrected chi connectivity index (χ2v) is 8.47. The first kappa shape index (κ1) is 17.3. The molecule has 0 spiro atoms. The third kappa shape index (κ3) is 6.28. The Bertz CT molecular complexity index is 243. The zero-order valence-electron chi connectivity index (χ0n) is 14.9. The van der Waals surface area contributed by atoms with Gasteiger partial charge in [0.1, 0.15) is 0 Å². The second-order valence-electron chi connectivity index (χ2n) is 8.47. The van der Waals surface area contributed by atoms with Gasteiger partial charge in [0.05, 0.1) is 53.4 Å². The van der Waals surface area contributed by atoms with Gasteiger partial charge < -0.3 is 8.97 Å². The fraction of sp³-hybridized carbons (Fsp3) is 1.00. The Morgan fingerprint density at radius 2 is 0.810 bits per heavy atom. The normalized spacial score (nSPS) is 26.0. The van der Waals surface area contributed by atoms with E-state index >= 15 is 0 Å². The molecule has 2 nitrogen and oxygen atoms in total. The summed E-state index contributed by atoms with van der Waals surface area (Å²) in [6, 6.07) is 0. The third-order valence-corrected chi connectivity index (χ3v) is 6.19. The number of unbranched alkanes of at least 4 members (excludes halogenated alkanes) is 2. The van der Waals surface area contributed by atoms with Crippen molar-refractivity contribution >= 4 is 0 Å². The van der Waals surface area contributed by atoms with Crippen LogP contribution in [0.3, 0.4) is 0 Å². The Balaban J connectivity index is 1.60. The molecule has 124 valence electrons. The zero-order valence-corrected chi connectivity index (χ0v) is 14.9. The fourth-order valence-electron chi connectivity index (χ4n) is 4.52. The van der Waals surface area contributed by atoms with Crippen molar-refractivity contribution in [1.82, 2.24) is 0 Å². The summed E-state index contributed by atoms with van der Waals surface area (Å²) in [4.78, 5) is 0. The van der Waals surface area contributed by atoms with Crippen LogP contribution in [0.15, 0.2) is 0 Å². The predicted molar refractivity (Wildman–Crippen MR) is 92.4 cm³/mol. The lowest BCUT2D eigenvalue weighted by atomic mass is 10.1. The first-order valence-corrected chi connectivity index (χ1v) is 9.79. The molecule has 2 aliphatic heterocycles. The Labute approximate surface area is 133 Å². The van der Waals surface area contributed by atoms with E-state index in [9.17, 15) is 0 Å². The van der Waals surface area contributed by atoms with Crippen LogP contribution in [0.25, 0.3) is 0 Å². The molecule has 2 heteroatoms. The topological polar surface area (TPSA) is 0 Å². The second kappa shape index (κ2) is 8.53. The molecule has 0 atom stereocenters. The van der Waals surface area contributed by atoms with Crippen LogP contribution < -0.4 is 0 Å². The molecular weight excluding hydrogens is 256 g/mol. The van der Waals surface area contributed by atoms with Crippen molar-refractivity contribution in [2.75, 3.05) is 53.4 Å². The van der Waals surface area contributed by atoms with Crippen LogP contribution in [0.4, 0.5) is 0 Å². The highest BCUT2D eigenvalue weighted by Gasteiger charge is 2.24. The van der Waals surface area contributed by atoms with Crippen molar-refractivity contribution in [2.24, 2.45) is 0 Å². The van der Waals surface area contributed by atoms with Crippen LogP contribution in [0, 0.1) is 0 Å². The summed E-state index contributed by atoms with van der Waals surface area (Å²) in [5.74, 6) is 0.